The number of rotatable bonds is 6. The van der Waals surface area contributed by atoms with Gasteiger partial charge in [-0.05, 0) is 35.9 Å². The van der Waals surface area contributed by atoms with Crippen LogP contribution < -0.4 is 0 Å². The lowest BCUT2D eigenvalue weighted by molar-refractivity contribution is -0.384. The van der Waals surface area contributed by atoms with Gasteiger partial charge < -0.3 is 9.84 Å². The number of thioether (sulfide) groups is 1. The number of carboxylic acid groups (broad SMARTS) is 1. The Hall–Kier alpha value is -3.13. The van der Waals surface area contributed by atoms with E-state index >= 15 is 0 Å². The van der Waals surface area contributed by atoms with Crippen LogP contribution in [0.3, 0.4) is 0 Å². The molecule has 0 amide bonds. The number of aliphatic carboxylic acids is 1. The molecule has 0 atom stereocenters. The Morgan fingerprint density at radius 3 is 2.20 bits per heavy atom. The lowest BCUT2D eigenvalue weighted by atomic mass is 10.1. The number of nitrogens with zero attached hydrogens (tertiary/aromatic N) is 1. The van der Waals surface area contributed by atoms with Crippen molar-refractivity contribution in [2.75, 3.05) is 7.11 Å². The Kier molecular flexibility index (Phi) is 5.91. The van der Waals surface area contributed by atoms with Crippen molar-refractivity contribution in [3.63, 3.8) is 0 Å². The predicted octanol–water partition coefficient (Wildman–Crippen LogP) is 3.60. The highest BCUT2D eigenvalue weighted by atomic mass is 32.2. The van der Waals surface area contributed by atoms with Crippen LogP contribution in [0.4, 0.5) is 5.69 Å². The second kappa shape index (κ2) is 8.11. The van der Waals surface area contributed by atoms with Gasteiger partial charge in [-0.25, -0.2) is 9.59 Å². The van der Waals surface area contributed by atoms with Gasteiger partial charge in [0.05, 0.1) is 22.5 Å². The first-order valence-electron chi connectivity index (χ1n) is 6.96. The molecule has 0 fully saturated rings. The number of carboxylic acids is 1. The first kappa shape index (κ1) is 18.2. The van der Waals surface area contributed by atoms with E-state index in [4.69, 9.17) is 0 Å². The number of methoxy groups -OCH3 is 1. The average Bonchev–Trinajstić information content (AvgIpc) is 2.61. The van der Waals surface area contributed by atoms with Gasteiger partial charge in [0, 0.05) is 17.0 Å². The van der Waals surface area contributed by atoms with Crippen molar-refractivity contribution in [1.29, 1.82) is 0 Å². The molecule has 1 N–H and O–H groups in total. The average molecular weight is 359 g/mol. The zero-order valence-corrected chi connectivity index (χ0v) is 13.9. The maximum absolute atomic E-state index is 11.4. The molecule has 0 spiro atoms. The summed E-state index contributed by atoms with van der Waals surface area (Å²) in [6, 6.07) is 11.9. The monoisotopic (exact) mass is 359 g/mol. The number of carbonyl (C=O) groups is 2. The molecule has 0 aliphatic rings. The minimum atomic E-state index is -1.12. The molecule has 25 heavy (non-hydrogen) atoms. The van der Waals surface area contributed by atoms with Crippen LogP contribution in [0.15, 0.2) is 58.3 Å². The molecule has 128 valence electrons. The van der Waals surface area contributed by atoms with Crippen LogP contribution in [0, 0.1) is 10.1 Å². The highest BCUT2D eigenvalue weighted by molar-refractivity contribution is 8.04. The summed E-state index contributed by atoms with van der Waals surface area (Å²) in [6.45, 7) is 0. The number of benzene rings is 2. The first-order valence-corrected chi connectivity index (χ1v) is 7.78. The summed E-state index contributed by atoms with van der Waals surface area (Å²) in [5, 5.41) is 20.0. The van der Waals surface area contributed by atoms with Gasteiger partial charge in [0.15, 0.2) is 0 Å². The zero-order valence-electron chi connectivity index (χ0n) is 13.0. The summed E-state index contributed by atoms with van der Waals surface area (Å²) in [7, 11) is 1.28. The number of esters is 1. The van der Waals surface area contributed by atoms with Crippen LogP contribution in [0.2, 0.25) is 0 Å². The lowest BCUT2D eigenvalue weighted by Crippen LogP contribution is -2.00. The van der Waals surface area contributed by atoms with Crippen LogP contribution in [0.25, 0.3) is 6.08 Å². The molecule has 0 aromatic heterocycles. The molecule has 0 aliphatic carbocycles. The summed E-state index contributed by atoms with van der Waals surface area (Å²) in [4.78, 5) is 33.5. The maximum atomic E-state index is 11.4. The van der Waals surface area contributed by atoms with Gasteiger partial charge in [0.25, 0.3) is 5.69 Å². The Morgan fingerprint density at radius 1 is 1.12 bits per heavy atom. The number of nitro benzene ring substituents is 1. The van der Waals surface area contributed by atoms with Crippen molar-refractivity contribution in [2.45, 2.75) is 4.90 Å². The van der Waals surface area contributed by atoms with Crippen molar-refractivity contribution in [2.24, 2.45) is 0 Å². The minimum absolute atomic E-state index is 0.0414. The smallest absolute Gasteiger partial charge is 0.342 e. The number of ether oxygens (including phenoxy) is 1. The van der Waals surface area contributed by atoms with Crippen LogP contribution in [-0.2, 0) is 9.53 Å². The van der Waals surface area contributed by atoms with Gasteiger partial charge in [-0.15, -0.1) is 0 Å². The van der Waals surface area contributed by atoms with E-state index in [1.54, 1.807) is 12.1 Å². The van der Waals surface area contributed by atoms with Gasteiger partial charge >= 0.3 is 11.9 Å². The van der Waals surface area contributed by atoms with E-state index in [2.05, 4.69) is 4.74 Å². The van der Waals surface area contributed by atoms with E-state index in [-0.39, 0.29) is 10.6 Å². The van der Waals surface area contributed by atoms with Gasteiger partial charge in [-0.2, -0.15) is 0 Å². The predicted molar refractivity (Wildman–Crippen MR) is 92.3 cm³/mol. The molecular weight excluding hydrogens is 346 g/mol. The standard InChI is InChI=1S/C17H13NO6S/c1-24-17(21)12-4-2-11(3-5-12)10-15(16(19)20)25-14-8-6-13(7-9-14)18(22)23/h2-10H,1H3,(H,19,20)/b15-10+. The Labute approximate surface area is 147 Å². The summed E-state index contributed by atoms with van der Waals surface area (Å²) in [5.41, 5.74) is 0.891. The van der Waals surface area contributed by atoms with Gasteiger partial charge in [0.1, 0.15) is 0 Å². The molecule has 0 radical (unpaired) electrons. The molecule has 0 saturated heterocycles. The summed E-state index contributed by atoms with van der Waals surface area (Å²) in [5.74, 6) is -1.60. The quantitative estimate of drug-likeness (QED) is 0.276. The lowest BCUT2D eigenvalue weighted by Gasteiger charge is -2.04. The van der Waals surface area contributed by atoms with Crippen molar-refractivity contribution in [1.82, 2.24) is 0 Å². The third kappa shape index (κ3) is 4.92. The summed E-state index contributed by atoms with van der Waals surface area (Å²) in [6.07, 6.45) is 1.45. The number of non-ortho nitro benzene ring substituents is 1. The first-order chi connectivity index (χ1) is 11.9. The summed E-state index contributed by atoms with van der Waals surface area (Å²) < 4.78 is 4.60. The van der Waals surface area contributed by atoms with E-state index in [1.165, 1.54) is 49.6 Å². The van der Waals surface area contributed by atoms with Gasteiger partial charge in [-0.1, -0.05) is 23.9 Å². The molecule has 0 unspecified atom stereocenters. The van der Waals surface area contributed by atoms with E-state index in [0.29, 0.717) is 16.0 Å². The molecule has 0 aliphatic heterocycles. The second-order valence-electron chi connectivity index (χ2n) is 4.78. The third-order valence-corrected chi connectivity index (χ3v) is 4.14. The molecule has 0 bridgehead atoms. The number of carbonyl (C=O) groups excluding carboxylic acids is 1. The van der Waals surface area contributed by atoms with Crippen LogP contribution >= 0.6 is 11.8 Å². The molecule has 0 heterocycles. The number of hydrogen-bond donors (Lipinski definition) is 1. The largest absolute Gasteiger partial charge is 0.477 e. The topological polar surface area (TPSA) is 107 Å². The number of nitro groups is 1. The molecule has 0 saturated carbocycles. The van der Waals surface area contributed by atoms with E-state index in [0.717, 1.165) is 11.8 Å². The highest BCUT2D eigenvalue weighted by Crippen LogP contribution is 2.29. The van der Waals surface area contributed by atoms with E-state index in [9.17, 15) is 24.8 Å². The fourth-order valence-electron chi connectivity index (χ4n) is 1.88. The van der Waals surface area contributed by atoms with Crippen molar-refractivity contribution < 1.29 is 24.4 Å². The minimum Gasteiger partial charge on any atom is -0.477 e. The highest BCUT2D eigenvalue weighted by Gasteiger charge is 2.12. The zero-order chi connectivity index (χ0) is 18.4. The molecular formula is C17H13NO6S. The van der Waals surface area contributed by atoms with Crippen LogP contribution in [0.1, 0.15) is 15.9 Å². The van der Waals surface area contributed by atoms with Crippen LogP contribution in [-0.4, -0.2) is 29.1 Å². The molecule has 7 nitrogen and oxygen atoms in total. The maximum Gasteiger partial charge on any atom is 0.342 e. The van der Waals surface area contributed by atoms with Gasteiger partial charge in [0.2, 0.25) is 0 Å². The van der Waals surface area contributed by atoms with Crippen LogP contribution in [0.5, 0.6) is 0 Å². The molecule has 8 heteroatoms. The molecule has 2 aromatic rings. The second-order valence-corrected chi connectivity index (χ2v) is 5.90. The van der Waals surface area contributed by atoms with Crippen molar-refractivity contribution in [3.8, 4) is 0 Å². The third-order valence-electron chi connectivity index (χ3n) is 3.12. The SMILES string of the molecule is COC(=O)c1ccc(/C=C(/Sc2ccc([N+](=O)[O-])cc2)C(=O)O)cc1. The fraction of sp³-hybridized carbons (Fsp3) is 0.0588. The Bertz CT molecular complexity index is 827. The van der Waals surface area contributed by atoms with Crippen molar-refractivity contribution >= 4 is 35.5 Å². The van der Waals surface area contributed by atoms with Gasteiger partial charge in [-0.3, -0.25) is 10.1 Å². The van der Waals surface area contributed by atoms with E-state index < -0.39 is 16.9 Å². The van der Waals surface area contributed by atoms with E-state index in [1.807, 2.05) is 0 Å². The summed E-state index contributed by atoms with van der Waals surface area (Å²) >= 11 is 0.974. The Morgan fingerprint density at radius 2 is 1.72 bits per heavy atom. The molecule has 2 aromatic carbocycles. The normalized spacial score (nSPS) is 11.0. The Balaban J connectivity index is 2.22. The molecule has 2 rings (SSSR count). The number of hydrogen-bond acceptors (Lipinski definition) is 6. The van der Waals surface area contributed by atoms with Crippen molar-refractivity contribution in [3.05, 3.63) is 74.7 Å². The fourth-order valence-corrected chi connectivity index (χ4v) is 2.69.